The topological polar surface area (TPSA) is 71.2 Å². The number of aromatic nitrogens is 3. The van der Waals surface area contributed by atoms with Crippen LogP contribution in [0.3, 0.4) is 0 Å². The molecule has 0 aliphatic carbocycles. The van der Waals surface area contributed by atoms with Gasteiger partial charge in [0, 0.05) is 0 Å². The molecule has 1 saturated heterocycles. The van der Waals surface area contributed by atoms with Crippen molar-refractivity contribution in [2.24, 2.45) is 0 Å². The maximum atomic E-state index is 6.02. The number of fused-ring (bicyclic) bond motifs is 1. The van der Waals surface area contributed by atoms with Gasteiger partial charge in [-0.05, 0) is 0 Å². The van der Waals surface area contributed by atoms with Gasteiger partial charge in [-0.3, -0.25) is 0 Å². The van der Waals surface area contributed by atoms with E-state index < -0.39 is 0 Å². The Bertz CT molecular complexity index is 933. The first kappa shape index (κ1) is 18.2. The van der Waals surface area contributed by atoms with E-state index in [-0.39, 0.29) is 19.8 Å². The first-order chi connectivity index (χ1) is 13.1. The predicted molar refractivity (Wildman–Crippen MR) is 112 cm³/mol. The fraction of sp³-hybridized carbons (Fsp3) is 0.350. The summed E-state index contributed by atoms with van der Waals surface area (Å²) in [5, 5.41) is 2.59. The number of rotatable bonds is 4. The molecule has 6 nitrogen and oxygen atoms in total. The van der Waals surface area contributed by atoms with Crippen LogP contribution in [0.2, 0.25) is 0 Å². The van der Waals surface area contributed by atoms with E-state index in [0.717, 1.165) is 32.0 Å². The number of nitrogens with two attached hydrogens (primary N) is 1. The van der Waals surface area contributed by atoms with Gasteiger partial charge in [0.1, 0.15) is 0 Å². The molecule has 1 atom stereocenters. The summed E-state index contributed by atoms with van der Waals surface area (Å²) in [4.78, 5) is 18.4. The molecule has 0 amide bonds. The summed E-state index contributed by atoms with van der Waals surface area (Å²) in [6, 6.07) is 15.0. The van der Waals surface area contributed by atoms with Crippen molar-refractivity contribution in [1.82, 2.24) is 19.9 Å². The minimum absolute atomic E-state index is 0.202. The van der Waals surface area contributed by atoms with Gasteiger partial charge < -0.3 is 0 Å². The normalized spacial score (nSPS) is 16.6. The Morgan fingerprint density at radius 1 is 0.963 bits per heavy atom. The van der Waals surface area contributed by atoms with Crippen LogP contribution in [0.15, 0.2) is 42.5 Å². The van der Waals surface area contributed by atoms with E-state index in [1.54, 1.807) is 0 Å². The minimum atomic E-state index is 0.202. The van der Waals surface area contributed by atoms with E-state index in [0.29, 0.717) is 11.9 Å². The van der Waals surface area contributed by atoms with E-state index in [1.165, 1.54) is 15.2 Å². The van der Waals surface area contributed by atoms with Crippen molar-refractivity contribution in [3.63, 3.8) is 0 Å². The van der Waals surface area contributed by atoms with Gasteiger partial charge in [-0.2, -0.15) is 0 Å². The van der Waals surface area contributed by atoms with Crippen molar-refractivity contribution in [1.29, 1.82) is 0 Å². The van der Waals surface area contributed by atoms with E-state index in [9.17, 15) is 0 Å². The Hall–Kier alpha value is -2.21. The van der Waals surface area contributed by atoms with Crippen LogP contribution in [0.25, 0.3) is 10.8 Å². The van der Waals surface area contributed by atoms with E-state index in [1.807, 2.05) is 0 Å². The molecule has 1 aliphatic rings. The number of piperazine rings is 1. The number of hydrogen-bond acceptors (Lipinski definition) is 6. The number of nitrogen functional groups attached to an aromatic ring is 1. The van der Waals surface area contributed by atoms with Crippen LogP contribution >= 0.6 is 0 Å². The molecule has 4 rings (SSSR count). The van der Waals surface area contributed by atoms with E-state index >= 15 is 0 Å². The third kappa shape index (κ3) is 4.05. The van der Waals surface area contributed by atoms with Gasteiger partial charge in [-0.25, -0.2) is 0 Å². The summed E-state index contributed by atoms with van der Waals surface area (Å²) in [5.41, 5.74) is 6.02. The molecular weight excluding hydrogens is 403 g/mol. The Labute approximate surface area is 166 Å². The van der Waals surface area contributed by atoms with Crippen molar-refractivity contribution >= 4 is 42.1 Å². The first-order valence-electron chi connectivity index (χ1n) is 9.19. The first-order valence-corrected chi connectivity index (χ1v) is 11.0. The van der Waals surface area contributed by atoms with Gasteiger partial charge in [-0.1, -0.05) is 0 Å². The summed E-state index contributed by atoms with van der Waals surface area (Å²) < 4.78 is 1.37. The number of likely N-dealkylation sites (N-methyl/N-ethyl adjacent to an activating group) is 1. The zero-order valence-corrected chi connectivity index (χ0v) is 17.4. The summed E-state index contributed by atoms with van der Waals surface area (Å²) >= 11 is 0.202. The molecule has 0 bridgehead atoms. The van der Waals surface area contributed by atoms with Crippen molar-refractivity contribution < 1.29 is 0 Å². The Morgan fingerprint density at radius 2 is 1.70 bits per heavy atom. The average Bonchev–Trinajstić information content (AvgIpc) is 2.68. The quantitative estimate of drug-likeness (QED) is 0.636. The molecule has 140 valence electrons. The summed E-state index contributed by atoms with van der Waals surface area (Å²) in [7, 11) is 2.14. The Balaban J connectivity index is 1.59. The zero-order chi connectivity index (χ0) is 18.8. The Morgan fingerprint density at radius 3 is 2.52 bits per heavy atom. The number of anilines is 2. The molecule has 0 saturated carbocycles. The van der Waals surface area contributed by atoms with Crippen molar-refractivity contribution in [2.75, 3.05) is 43.9 Å². The summed E-state index contributed by atoms with van der Waals surface area (Å²) in [6.07, 6.45) is 0. The fourth-order valence-corrected chi connectivity index (χ4v) is 5.50. The van der Waals surface area contributed by atoms with Crippen LogP contribution in [0.1, 0.15) is 17.6 Å². The molecule has 2 N–H and O–H groups in total. The van der Waals surface area contributed by atoms with Gasteiger partial charge in [-0.15, -0.1) is 0 Å². The van der Waals surface area contributed by atoms with Crippen LogP contribution in [0, 0.1) is 0 Å². The SMILES string of the molecule is CC([Se]c1cccc2ccccc12)c1nc(N)nc(N2CCN(C)CC2)n1. The van der Waals surface area contributed by atoms with Crippen molar-refractivity contribution in [3.8, 4) is 0 Å². The number of benzene rings is 2. The van der Waals surface area contributed by atoms with Crippen LogP contribution < -0.4 is 15.1 Å². The van der Waals surface area contributed by atoms with Crippen LogP contribution in [-0.4, -0.2) is 68.0 Å². The van der Waals surface area contributed by atoms with Gasteiger partial charge in [0.15, 0.2) is 0 Å². The molecule has 3 aromatic rings. The van der Waals surface area contributed by atoms with Crippen molar-refractivity contribution in [2.45, 2.75) is 11.7 Å². The summed E-state index contributed by atoms with van der Waals surface area (Å²) in [5.74, 6) is 1.82. The average molecular weight is 427 g/mol. The van der Waals surface area contributed by atoms with E-state index in [4.69, 9.17) is 10.7 Å². The van der Waals surface area contributed by atoms with Crippen molar-refractivity contribution in [3.05, 3.63) is 48.3 Å². The van der Waals surface area contributed by atoms with E-state index in [2.05, 4.69) is 76.2 Å². The predicted octanol–water partition coefficient (Wildman–Crippen LogP) is 1.45. The molecule has 27 heavy (non-hydrogen) atoms. The third-order valence-corrected chi connectivity index (χ3v) is 7.33. The molecule has 1 unspecified atom stereocenters. The molecule has 0 spiro atoms. The molecule has 0 radical (unpaired) electrons. The second-order valence-corrected chi connectivity index (χ2v) is 9.78. The fourth-order valence-electron chi connectivity index (χ4n) is 3.27. The summed E-state index contributed by atoms with van der Waals surface area (Å²) in [6.45, 7) is 6.04. The molecule has 7 heteroatoms. The molecule has 2 heterocycles. The van der Waals surface area contributed by atoms with Gasteiger partial charge in [0.05, 0.1) is 0 Å². The second kappa shape index (κ2) is 7.80. The number of nitrogens with zero attached hydrogens (tertiary/aromatic N) is 5. The van der Waals surface area contributed by atoms with Crippen LogP contribution in [-0.2, 0) is 0 Å². The van der Waals surface area contributed by atoms with Crippen LogP contribution in [0.5, 0.6) is 0 Å². The van der Waals surface area contributed by atoms with Gasteiger partial charge in [0.25, 0.3) is 0 Å². The molecular formula is C20H24N6Se. The molecule has 2 aromatic carbocycles. The Kier molecular flexibility index (Phi) is 5.25. The molecule has 1 aromatic heterocycles. The monoisotopic (exact) mass is 428 g/mol. The van der Waals surface area contributed by atoms with Gasteiger partial charge in [0.2, 0.25) is 0 Å². The van der Waals surface area contributed by atoms with Gasteiger partial charge >= 0.3 is 166 Å². The molecule has 1 fully saturated rings. The maximum absolute atomic E-state index is 6.02. The second-order valence-electron chi connectivity index (χ2n) is 6.88. The standard InChI is InChI=1S/C20H24N6Se/c1-14(27-17-9-5-7-15-6-3-4-8-16(15)17)18-22-19(21)24-20(23-18)26-12-10-25(2)11-13-26/h3-9,14H,10-13H2,1-2H3,(H2,21,22,23,24). The zero-order valence-electron chi connectivity index (χ0n) is 15.7. The molecule has 1 aliphatic heterocycles. The third-order valence-electron chi connectivity index (χ3n) is 4.86. The van der Waals surface area contributed by atoms with Crippen LogP contribution in [0.4, 0.5) is 11.9 Å². The number of hydrogen-bond donors (Lipinski definition) is 1.